The van der Waals surface area contributed by atoms with Crippen molar-refractivity contribution in [2.24, 2.45) is 0 Å². The van der Waals surface area contributed by atoms with Crippen molar-refractivity contribution in [2.45, 2.75) is 53.1 Å². The van der Waals surface area contributed by atoms with E-state index >= 15 is 0 Å². The molecule has 3 aromatic rings. The third kappa shape index (κ3) is 4.90. The number of unbranched alkanes of at least 4 members (excludes halogenated alkanes) is 1. The van der Waals surface area contributed by atoms with Crippen LogP contribution in [-0.2, 0) is 4.74 Å². The normalized spacial score (nSPS) is 12.5. The number of nitrogens with one attached hydrogen (secondary N) is 2. The zero-order chi connectivity index (χ0) is 21.9. The molecule has 0 bridgehead atoms. The second-order valence-electron chi connectivity index (χ2n) is 8.26. The number of ether oxygens (including phenoxy) is 2. The zero-order valence-corrected chi connectivity index (χ0v) is 18.5. The van der Waals surface area contributed by atoms with E-state index in [2.05, 4.69) is 20.5 Å². The van der Waals surface area contributed by atoms with Gasteiger partial charge in [0.15, 0.2) is 5.82 Å². The van der Waals surface area contributed by atoms with Crippen molar-refractivity contribution in [1.29, 1.82) is 0 Å². The van der Waals surface area contributed by atoms with E-state index in [9.17, 15) is 5.11 Å². The average Bonchev–Trinajstić information content (AvgIpc) is 3.05. The van der Waals surface area contributed by atoms with Crippen molar-refractivity contribution in [3.63, 3.8) is 0 Å². The Labute approximate surface area is 176 Å². The van der Waals surface area contributed by atoms with E-state index in [-0.39, 0.29) is 6.08 Å². The molecule has 0 unspecified atom stereocenters. The molecular weight excluding hydrogens is 384 g/mol. The predicted octanol–water partition coefficient (Wildman–Crippen LogP) is 1.90. The topological polar surface area (TPSA) is 108 Å². The highest BCUT2D eigenvalue weighted by Gasteiger charge is 2.17. The van der Waals surface area contributed by atoms with Crippen LogP contribution >= 0.6 is 0 Å². The standard InChI is InChI=1S/C21H30N6O3/c1-13-11-16-15(12-17(13)29-6)24-18(19-26-25-14(2)27(16)19)22-9-7-8-10-23-20(28)30-21(3,4)5/h11-12H,7-10H2,1-6H3,(H,22,24)(H,23,28)/p+1. The van der Waals surface area contributed by atoms with Crippen LogP contribution in [0.25, 0.3) is 16.7 Å². The lowest BCUT2D eigenvalue weighted by Crippen LogP contribution is -2.74. The molecule has 3 N–H and O–H groups in total. The lowest BCUT2D eigenvalue weighted by Gasteiger charge is -2.15. The van der Waals surface area contributed by atoms with Crippen LogP contribution in [0.3, 0.4) is 0 Å². The van der Waals surface area contributed by atoms with Crippen LogP contribution in [-0.4, -0.2) is 56.6 Å². The molecule has 9 heteroatoms. The molecular formula is C21H31N6O3+. The molecule has 1 aromatic carbocycles. The fraction of sp³-hybridized carbons (Fsp3) is 0.524. The number of benzene rings is 1. The zero-order valence-electron chi connectivity index (χ0n) is 18.5. The number of anilines is 1. The number of nitrogens with zero attached hydrogens (tertiary/aromatic N) is 4. The molecule has 0 saturated heterocycles. The second-order valence-corrected chi connectivity index (χ2v) is 8.26. The number of aromatic nitrogens is 4. The molecule has 0 fully saturated rings. The van der Waals surface area contributed by atoms with Crippen LogP contribution in [0.2, 0.25) is 0 Å². The van der Waals surface area contributed by atoms with Crippen molar-refractivity contribution < 1.29 is 19.6 Å². The minimum Gasteiger partial charge on any atom is -0.496 e. The molecule has 0 radical (unpaired) electrons. The van der Waals surface area contributed by atoms with Crippen molar-refractivity contribution in [3.05, 3.63) is 23.5 Å². The predicted molar refractivity (Wildman–Crippen MR) is 116 cm³/mol. The number of aliphatic hydroxyl groups excluding tert-OH is 1. The monoisotopic (exact) mass is 415 g/mol. The molecule has 0 saturated carbocycles. The summed E-state index contributed by atoms with van der Waals surface area (Å²) < 4.78 is 12.8. The summed E-state index contributed by atoms with van der Waals surface area (Å²) in [5, 5.41) is 21.6. The number of fused-ring (bicyclic) bond motifs is 3. The number of aliphatic hydroxyl groups is 1. The van der Waals surface area contributed by atoms with Gasteiger partial charge in [-0.2, -0.15) is 4.99 Å². The van der Waals surface area contributed by atoms with Crippen molar-refractivity contribution in [3.8, 4) is 5.75 Å². The van der Waals surface area contributed by atoms with E-state index in [4.69, 9.17) is 14.5 Å². The summed E-state index contributed by atoms with van der Waals surface area (Å²) in [6.07, 6.45) is 1.59. The molecule has 0 aliphatic heterocycles. The molecule has 30 heavy (non-hydrogen) atoms. The summed E-state index contributed by atoms with van der Waals surface area (Å²) >= 11 is 0. The Hall–Kier alpha value is -3.10. The van der Waals surface area contributed by atoms with Crippen molar-refractivity contribution in [1.82, 2.24) is 19.6 Å². The summed E-state index contributed by atoms with van der Waals surface area (Å²) in [7, 11) is 1.66. The Kier molecular flexibility index (Phi) is 6.28. The Morgan fingerprint density at radius 1 is 1.20 bits per heavy atom. The third-order valence-corrected chi connectivity index (χ3v) is 4.58. The number of rotatable bonds is 7. The van der Waals surface area contributed by atoms with Crippen LogP contribution in [0.15, 0.2) is 12.1 Å². The van der Waals surface area contributed by atoms with Crippen molar-refractivity contribution >= 4 is 28.6 Å². The second kappa shape index (κ2) is 8.73. The first-order valence-corrected chi connectivity index (χ1v) is 10.1. The van der Waals surface area contributed by atoms with Crippen LogP contribution in [0.1, 0.15) is 45.0 Å². The SMILES string of the molecule is COc1cc2nc(NCCCC[NH+]=C(O)OC(C)(C)C)c3nnc(C)n3c2cc1C. The largest absolute Gasteiger partial charge is 0.545 e. The summed E-state index contributed by atoms with van der Waals surface area (Å²) in [5.74, 6) is 2.29. The first-order chi connectivity index (χ1) is 14.2. The van der Waals surface area contributed by atoms with Gasteiger partial charge in [0, 0.05) is 19.0 Å². The maximum atomic E-state index is 9.73. The van der Waals surface area contributed by atoms with Gasteiger partial charge in [0.25, 0.3) is 0 Å². The van der Waals surface area contributed by atoms with Gasteiger partial charge in [-0.05, 0) is 52.7 Å². The summed E-state index contributed by atoms with van der Waals surface area (Å²) in [5.41, 5.74) is 3.07. The van der Waals surface area contributed by atoms with Gasteiger partial charge in [0.2, 0.25) is 5.65 Å². The molecule has 0 spiro atoms. The highest BCUT2D eigenvalue weighted by Crippen LogP contribution is 2.27. The Morgan fingerprint density at radius 3 is 2.67 bits per heavy atom. The highest BCUT2D eigenvalue weighted by atomic mass is 16.6. The molecule has 9 nitrogen and oxygen atoms in total. The van der Waals surface area contributed by atoms with Crippen LogP contribution in [0, 0.1) is 13.8 Å². The summed E-state index contributed by atoms with van der Waals surface area (Å²) in [6.45, 7) is 10.9. The van der Waals surface area contributed by atoms with Crippen LogP contribution in [0.5, 0.6) is 5.75 Å². The molecule has 0 aliphatic rings. The molecule has 3 rings (SSSR count). The minimum absolute atomic E-state index is 0.142. The van der Waals surface area contributed by atoms with Gasteiger partial charge in [0.05, 0.1) is 18.1 Å². The van der Waals surface area contributed by atoms with Crippen LogP contribution < -0.4 is 15.0 Å². The van der Waals surface area contributed by atoms with Crippen molar-refractivity contribution in [2.75, 3.05) is 25.5 Å². The van der Waals surface area contributed by atoms with Gasteiger partial charge in [0.1, 0.15) is 23.7 Å². The molecule has 0 amide bonds. The maximum absolute atomic E-state index is 9.73. The van der Waals surface area contributed by atoms with Gasteiger partial charge < -0.3 is 19.9 Å². The quantitative estimate of drug-likeness (QED) is 0.307. The molecule has 2 heterocycles. The number of methoxy groups -OCH3 is 1. The van der Waals surface area contributed by atoms with Crippen LogP contribution in [0.4, 0.5) is 5.82 Å². The van der Waals surface area contributed by atoms with Gasteiger partial charge in [-0.15, -0.1) is 10.2 Å². The van der Waals surface area contributed by atoms with E-state index in [1.54, 1.807) is 7.11 Å². The van der Waals surface area contributed by atoms with Gasteiger partial charge >= 0.3 is 6.08 Å². The van der Waals surface area contributed by atoms with E-state index in [0.29, 0.717) is 24.6 Å². The summed E-state index contributed by atoms with van der Waals surface area (Å²) in [6, 6.07) is 3.98. The fourth-order valence-electron chi connectivity index (χ4n) is 3.22. The highest BCUT2D eigenvalue weighted by molar-refractivity contribution is 5.85. The number of hydrogen-bond acceptors (Lipinski definition) is 6. The molecule has 162 valence electrons. The van der Waals surface area contributed by atoms with E-state index in [0.717, 1.165) is 41.0 Å². The van der Waals surface area contributed by atoms with E-state index < -0.39 is 5.60 Å². The Balaban J connectivity index is 1.70. The lowest BCUT2D eigenvalue weighted by molar-refractivity contribution is -0.481. The van der Waals surface area contributed by atoms with E-state index in [1.165, 1.54) is 0 Å². The Bertz CT molecular complexity index is 1070. The average molecular weight is 416 g/mol. The summed E-state index contributed by atoms with van der Waals surface area (Å²) in [4.78, 5) is 7.64. The molecule has 2 aromatic heterocycles. The Morgan fingerprint density at radius 2 is 1.97 bits per heavy atom. The van der Waals surface area contributed by atoms with Gasteiger partial charge in [-0.3, -0.25) is 4.40 Å². The fourth-order valence-corrected chi connectivity index (χ4v) is 3.22. The third-order valence-electron chi connectivity index (χ3n) is 4.58. The molecule has 0 aliphatic carbocycles. The van der Waals surface area contributed by atoms with Gasteiger partial charge in [-0.1, -0.05) is 0 Å². The van der Waals surface area contributed by atoms with E-state index in [1.807, 2.05) is 51.2 Å². The first kappa shape index (κ1) is 21.6. The molecule has 0 atom stereocenters. The van der Waals surface area contributed by atoms with Gasteiger partial charge in [-0.25, -0.2) is 4.98 Å². The number of hydrogen-bond donors (Lipinski definition) is 3. The number of aryl methyl sites for hydroxylation is 2. The minimum atomic E-state index is -0.427. The lowest BCUT2D eigenvalue weighted by atomic mass is 10.2. The first-order valence-electron chi connectivity index (χ1n) is 10.1. The maximum Gasteiger partial charge on any atom is 0.545 e. The smallest absolute Gasteiger partial charge is 0.496 e.